The van der Waals surface area contributed by atoms with Gasteiger partial charge in [0, 0.05) is 0 Å². The molecule has 0 saturated heterocycles. The Hall–Kier alpha value is -1.92. The van der Waals surface area contributed by atoms with Crippen LogP contribution in [0.15, 0.2) is 47.4 Å². The summed E-state index contributed by atoms with van der Waals surface area (Å²) in [5, 5.41) is 8.93. The van der Waals surface area contributed by atoms with Gasteiger partial charge in [-0.3, -0.25) is 4.72 Å². The maximum Gasteiger partial charge on any atom is 0.261 e. The molecule has 0 aliphatic carbocycles. The number of nitrogens with one attached hydrogen (secondary N) is 1. The number of anilines is 1. The highest BCUT2D eigenvalue weighted by Crippen LogP contribution is 2.20. The van der Waals surface area contributed by atoms with Crippen LogP contribution in [0.1, 0.15) is 11.1 Å². The van der Waals surface area contributed by atoms with Gasteiger partial charge in [0.05, 0.1) is 17.2 Å². The van der Waals surface area contributed by atoms with Gasteiger partial charge in [-0.2, -0.15) is 0 Å². The Kier molecular flexibility index (Phi) is 4.06. The summed E-state index contributed by atoms with van der Waals surface area (Å²) in [6.07, 6.45) is 0. The number of benzene rings is 2. The Morgan fingerprint density at radius 3 is 2.35 bits per heavy atom. The van der Waals surface area contributed by atoms with Gasteiger partial charge in [0.2, 0.25) is 0 Å². The van der Waals surface area contributed by atoms with Gasteiger partial charge in [0.15, 0.2) is 0 Å². The molecule has 20 heavy (non-hydrogen) atoms. The van der Waals surface area contributed by atoms with Crippen molar-refractivity contribution in [3.05, 3.63) is 59.4 Å². The maximum absolute atomic E-state index is 13.0. The van der Waals surface area contributed by atoms with Crippen LogP contribution in [0.2, 0.25) is 0 Å². The summed E-state index contributed by atoms with van der Waals surface area (Å²) in [5.74, 6) is -0.419. The van der Waals surface area contributed by atoms with Crippen molar-refractivity contribution in [2.45, 2.75) is 18.4 Å². The average molecular weight is 295 g/mol. The smallest absolute Gasteiger partial charge is 0.261 e. The van der Waals surface area contributed by atoms with Gasteiger partial charge in [0.25, 0.3) is 10.0 Å². The quantitative estimate of drug-likeness (QED) is 0.910. The summed E-state index contributed by atoms with van der Waals surface area (Å²) in [5.41, 5.74) is 1.46. The van der Waals surface area contributed by atoms with E-state index >= 15 is 0 Å². The number of halogens is 1. The highest BCUT2D eigenvalue weighted by molar-refractivity contribution is 7.92. The predicted molar refractivity (Wildman–Crippen MR) is 74.3 cm³/mol. The fourth-order valence-corrected chi connectivity index (χ4v) is 2.85. The Labute approximate surface area is 116 Å². The minimum atomic E-state index is -3.73. The molecule has 2 rings (SSSR count). The van der Waals surface area contributed by atoms with Crippen LogP contribution in [0.5, 0.6) is 0 Å². The van der Waals surface area contributed by atoms with Crippen molar-refractivity contribution in [1.82, 2.24) is 0 Å². The van der Waals surface area contributed by atoms with E-state index in [1.807, 2.05) is 0 Å². The molecule has 2 N–H and O–H groups in total. The van der Waals surface area contributed by atoms with Gasteiger partial charge in [-0.1, -0.05) is 12.1 Å². The van der Waals surface area contributed by atoms with Crippen molar-refractivity contribution in [2.75, 3.05) is 4.72 Å². The lowest BCUT2D eigenvalue weighted by Gasteiger charge is -2.11. The van der Waals surface area contributed by atoms with Gasteiger partial charge in [-0.25, -0.2) is 12.8 Å². The number of aryl methyl sites for hydroxylation is 1. The molecule has 4 nitrogen and oxygen atoms in total. The van der Waals surface area contributed by atoms with Crippen LogP contribution in [0.3, 0.4) is 0 Å². The first-order chi connectivity index (χ1) is 9.42. The summed E-state index contributed by atoms with van der Waals surface area (Å²) in [7, 11) is -3.73. The molecule has 0 unspecified atom stereocenters. The SMILES string of the molecule is Cc1cc(F)ccc1NS(=O)(=O)c1ccc(CO)cc1. The summed E-state index contributed by atoms with van der Waals surface area (Å²) in [6.45, 7) is 1.47. The zero-order valence-corrected chi connectivity index (χ0v) is 11.6. The van der Waals surface area contributed by atoms with Gasteiger partial charge < -0.3 is 5.11 Å². The molecular formula is C14H14FNO3S. The Balaban J connectivity index is 2.30. The van der Waals surface area contributed by atoms with Crippen LogP contribution in [0.4, 0.5) is 10.1 Å². The third kappa shape index (κ3) is 3.15. The molecule has 0 amide bonds. The standard InChI is InChI=1S/C14H14FNO3S/c1-10-8-12(15)4-7-14(10)16-20(18,19)13-5-2-11(9-17)3-6-13/h2-8,16-17H,9H2,1H3. The van der Waals surface area contributed by atoms with Gasteiger partial charge >= 0.3 is 0 Å². The van der Waals surface area contributed by atoms with Crippen LogP contribution in [-0.4, -0.2) is 13.5 Å². The molecule has 0 aliphatic heterocycles. The number of sulfonamides is 1. The van der Waals surface area contributed by atoms with E-state index in [2.05, 4.69) is 4.72 Å². The molecule has 0 heterocycles. The third-order valence-corrected chi connectivity index (χ3v) is 4.23. The molecule has 0 radical (unpaired) electrons. The molecule has 2 aromatic rings. The fraction of sp³-hybridized carbons (Fsp3) is 0.143. The van der Waals surface area contributed by atoms with E-state index in [0.29, 0.717) is 16.8 Å². The second-order valence-electron chi connectivity index (χ2n) is 4.37. The van der Waals surface area contributed by atoms with Crippen molar-refractivity contribution >= 4 is 15.7 Å². The second kappa shape index (κ2) is 5.60. The molecule has 0 atom stereocenters. The largest absolute Gasteiger partial charge is 0.392 e. The lowest BCUT2D eigenvalue weighted by Crippen LogP contribution is -2.13. The van der Waals surface area contributed by atoms with E-state index in [-0.39, 0.29) is 11.5 Å². The lowest BCUT2D eigenvalue weighted by molar-refractivity contribution is 0.282. The zero-order chi connectivity index (χ0) is 14.8. The topological polar surface area (TPSA) is 66.4 Å². The van der Waals surface area contributed by atoms with Crippen molar-refractivity contribution in [3.8, 4) is 0 Å². The molecule has 0 aliphatic rings. The molecule has 106 valence electrons. The van der Waals surface area contributed by atoms with Gasteiger partial charge in [0.1, 0.15) is 5.82 Å². The normalized spacial score (nSPS) is 11.3. The van der Waals surface area contributed by atoms with Crippen LogP contribution in [-0.2, 0) is 16.6 Å². The fourth-order valence-electron chi connectivity index (χ4n) is 1.72. The van der Waals surface area contributed by atoms with E-state index in [4.69, 9.17) is 5.11 Å². The molecule has 0 bridgehead atoms. The van der Waals surface area contributed by atoms with Crippen LogP contribution < -0.4 is 4.72 Å². The Bertz CT molecular complexity index is 712. The number of aliphatic hydroxyl groups is 1. The summed E-state index contributed by atoms with van der Waals surface area (Å²) in [4.78, 5) is 0.0819. The van der Waals surface area contributed by atoms with Crippen molar-refractivity contribution in [1.29, 1.82) is 0 Å². The van der Waals surface area contributed by atoms with Gasteiger partial charge in [-0.15, -0.1) is 0 Å². The number of hydrogen-bond donors (Lipinski definition) is 2. The summed E-state index contributed by atoms with van der Waals surface area (Å²) in [6, 6.07) is 9.72. The number of hydrogen-bond acceptors (Lipinski definition) is 3. The maximum atomic E-state index is 13.0. The third-order valence-electron chi connectivity index (χ3n) is 2.85. The molecule has 0 fully saturated rings. The van der Waals surface area contributed by atoms with E-state index in [0.717, 1.165) is 0 Å². The van der Waals surface area contributed by atoms with E-state index in [9.17, 15) is 12.8 Å². The first-order valence-electron chi connectivity index (χ1n) is 5.91. The minimum Gasteiger partial charge on any atom is -0.392 e. The predicted octanol–water partition coefficient (Wildman–Crippen LogP) is 2.43. The van der Waals surface area contributed by atoms with Gasteiger partial charge in [-0.05, 0) is 48.4 Å². The Morgan fingerprint density at radius 1 is 1.15 bits per heavy atom. The second-order valence-corrected chi connectivity index (χ2v) is 6.05. The first kappa shape index (κ1) is 14.5. The van der Waals surface area contributed by atoms with E-state index < -0.39 is 15.8 Å². The van der Waals surface area contributed by atoms with Crippen LogP contribution >= 0.6 is 0 Å². The summed E-state index contributed by atoms with van der Waals surface area (Å²) >= 11 is 0. The molecule has 6 heteroatoms. The minimum absolute atomic E-state index is 0.0819. The number of aliphatic hydroxyl groups excluding tert-OH is 1. The van der Waals surface area contributed by atoms with Crippen molar-refractivity contribution in [2.24, 2.45) is 0 Å². The average Bonchev–Trinajstić information content (AvgIpc) is 2.42. The molecule has 0 aromatic heterocycles. The number of rotatable bonds is 4. The van der Waals surface area contributed by atoms with E-state index in [1.54, 1.807) is 6.92 Å². The van der Waals surface area contributed by atoms with E-state index in [1.165, 1.54) is 42.5 Å². The molecule has 0 spiro atoms. The van der Waals surface area contributed by atoms with Crippen molar-refractivity contribution in [3.63, 3.8) is 0 Å². The molecule has 0 saturated carbocycles. The first-order valence-corrected chi connectivity index (χ1v) is 7.39. The Morgan fingerprint density at radius 2 is 1.80 bits per heavy atom. The highest BCUT2D eigenvalue weighted by atomic mass is 32.2. The van der Waals surface area contributed by atoms with Crippen LogP contribution in [0.25, 0.3) is 0 Å². The summed E-state index contributed by atoms with van der Waals surface area (Å²) < 4.78 is 39.7. The highest BCUT2D eigenvalue weighted by Gasteiger charge is 2.15. The molecule has 2 aromatic carbocycles. The zero-order valence-electron chi connectivity index (χ0n) is 10.8. The monoisotopic (exact) mass is 295 g/mol. The van der Waals surface area contributed by atoms with Crippen molar-refractivity contribution < 1.29 is 17.9 Å². The molecular weight excluding hydrogens is 281 g/mol. The van der Waals surface area contributed by atoms with Crippen LogP contribution in [0, 0.1) is 12.7 Å². The lowest BCUT2D eigenvalue weighted by atomic mass is 10.2.